The highest BCUT2D eigenvalue weighted by Crippen LogP contribution is 2.43. The third-order valence-corrected chi connectivity index (χ3v) is 6.67. The van der Waals surface area contributed by atoms with Crippen molar-refractivity contribution in [3.8, 4) is 28.4 Å². The number of rotatable bonds is 8. The number of nitrogens with one attached hydrogen (secondary N) is 1. The second-order valence-corrected chi connectivity index (χ2v) is 9.15. The Morgan fingerprint density at radius 3 is 2.84 bits per heavy atom. The van der Waals surface area contributed by atoms with Gasteiger partial charge >= 0.3 is 5.97 Å². The van der Waals surface area contributed by atoms with Crippen molar-refractivity contribution in [1.29, 1.82) is 0 Å². The zero-order valence-electron chi connectivity index (χ0n) is 16.3. The molecule has 0 radical (unpaired) electrons. The molecule has 2 heterocycles. The summed E-state index contributed by atoms with van der Waals surface area (Å²) in [5.41, 5.74) is 2.55. The topological polar surface area (TPSA) is 86.3 Å². The van der Waals surface area contributed by atoms with Crippen LogP contribution in [0.5, 0.6) is 17.2 Å². The van der Waals surface area contributed by atoms with Crippen molar-refractivity contribution in [2.24, 2.45) is 0 Å². The lowest BCUT2D eigenvalue weighted by Crippen LogP contribution is -2.10. The third kappa shape index (κ3) is 5.01. The Kier molecular flexibility index (Phi) is 6.77. The Labute approximate surface area is 192 Å². The van der Waals surface area contributed by atoms with Crippen molar-refractivity contribution in [3.05, 3.63) is 52.4 Å². The molecular weight excluding hydrogens is 462 g/mol. The number of thiophene rings is 1. The fourth-order valence-electron chi connectivity index (χ4n) is 2.83. The number of benzene rings is 2. The number of anilines is 1. The lowest BCUT2D eigenvalue weighted by molar-refractivity contribution is 0.0385. The maximum Gasteiger partial charge on any atom is 0.341 e. The van der Waals surface area contributed by atoms with Crippen LogP contribution in [0.4, 0.5) is 5.69 Å². The van der Waals surface area contributed by atoms with E-state index in [-0.39, 0.29) is 24.7 Å². The standard InChI is InChI=1S/C21H18ClNO6S2/c1-26-6-7-27-21(25)14-4-3-13(9-16(14)24)23-31-19-10-15(20(22)30-19)12-2-5-17-18(8-12)29-11-28-17/h2-5,8-10,23-24H,6-7,11H2,1H3. The van der Waals surface area contributed by atoms with Crippen LogP contribution >= 0.6 is 34.9 Å². The van der Waals surface area contributed by atoms with Crippen LogP contribution < -0.4 is 14.2 Å². The molecule has 0 saturated heterocycles. The summed E-state index contributed by atoms with van der Waals surface area (Å²) in [7, 11) is 1.52. The van der Waals surface area contributed by atoms with Crippen molar-refractivity contribution in [1.82, 2.24) is 0 Å². The molecule has 4 rings (SSSR count). The minimum atomic E-state index is -0.604. The molecule has 2 aromatic carbocycles. The number of halogens is 1. The van der Waals surface area contributed by atoms with Gasteiger partial charge in [0.05, 0.1) is 10.8 Å². The average Bonchev–Trinajstić information content (AvgIpc) is 3.38. The summed E-state index contributed by atoms with van der Waals surface area (Å²) in [5, 5.41) is 10.2. The van der Waals surface area contributed by atoms with E-state index >= 15 is 0 Å². The predicted octanol–water partition coefficient (Wildman–Crippen LogP) is 5.43. The Morgan fingerprint density at radius 1 is 1.19 bits per heavy atom. The Morgan fingerprint density at radius 2 is 2.03 bits per heavy atom. The number of aromatic hydroxyl groups is 1. The lowest BCUT2D eigenvalue weighted by Gasteiger charge is -2.08. The summed E-state index contributed by atoms with van der Waals surface area (Å²) in [6.45, 7) is 0.632. The quantitative estimate of drug-likeness (QED) is 0.251. The van der Waals surface area contributed by atoms with E-state index < -0.39 is 5.97 Å². The van der Waals surface area contributed by atoms with Gasteiger partial charge in [-0.3, -0.25) is 0 Å². The van der Waals surface area contributed by atoms with Crippen LogP contribution in [-0.2, 0) is 9.47 Å². The number of phenols is 1. The van der Waals surface area contributed by atoms with Gasteiger partial charge in [-0.15, -0.1) is 11.3 Å². The molecule has 0 atom stereocenters. The predicted molar refractivity (Wildman–Crippen MR) is 121 cm³/mol. The fraction of sp³-hybridized carbons (Fsp3) is 0.190. The normalized spacial score (nSPS) is 12.1. The van der Waals surface area contributed by atoms with Crippen LogP contribution in [0.2, 0.25) is 4.34 Å². The van der Waals surface area contributed by atoms with Crippen molar-refractivity contribution >= 4 is 46.5 Å². The molecular formula is C21H18ClNO6S2. The third-order valence-electron chi connectivity index (χ3n) is 4.36. The first kappa shape index (κ1) is 21.6. The molecule has 1 aliphatic rings. The summed E-state index contributed by atoms with van der Waals surface area (Å²) < 4.78 is 25.4. The first-order valence-corrected chi connectivity index (χ1v) is 11.2. The molecule has 31 heavy (non-hydrogen) atoms. The van der Waals surface area contributed by atoms with E-state index in [1.807, 2.05) is 24.3 Å². The van der Waals surface area contributed by atoms with Crippen molar-refractivity contribution in [2.75, 3.05) is 31.8 Å². The highest BCUT2D eigenvalue weighted by molar-refractivity contribution is 8.02. The van der Waals surface area contributed by atoms with Crippen LogP contribution in [0, 0.1) is 0 Å². The highest BCUT2D eigenvalue weighted by Gasteiger charge is 2.17. The van der Waals surface area contributed by atoms with E-state index in [0.29, 0.717) is 22.4 Å². The molecule has 0 amide bonds. The second-order valence-electron chi connectivity index (χ2n) is 6.39. The van der Waals surface area contributed by atoms with Crippen molar-refractivity contribution < 1.29 is 28.8 Å². The summed E-state index contributed by atoms with van der Waals surface area (Å²) in [6, 6.07) is 12.3. The van der Waals surface area contributed by atoms with E-state index in [1.165, 1.54) is 42.5 Å². The number of hydrogen-bond donors (Lipinski definition) is 2. The Bertz CT molecular complexity index is 1100. The maximum atomic E-state index is 12.0. The molecule has 162 valence electrons. The summed E-state index contributed by atoms with van der Waals surface area (Å²) in [5.74, 6) is 0.644. The van der Waals surface area contributed by atoms with Crippen LogP contribution in [0.3, 0.4) is 0 Å². The zero-order valence-corrected chi connectivity index (χ0v) is 18.7. The number of fused-ring (bicyclic) bond motifs is 1. The largest absolute Gasteiger partial charge is 0.507 e. The minimum Gasteiger partial charge on any atom is -0.507 e. The summed E-state index contributed by atoms with van der Waals surface area (Å²) >= 11 is 9.23. The van der Waals surface area contributed by atoms with Gasteiger partial charge in [0, 0.05) is 24.4 Å². The van der Waals surface area contributed by atoms with Crippen LogP contribution in [0.15, 0.2) is 46.7 Å². The molecule has 0 fully saturated rings. The molecule has 0 bridgehead atoms. The van der Waals surface area contributed by atoms with Gasteiger partial charge in [-0.25, -0.2) is 4.79 Å². The van der Waals surface area contributed by atoms with Gasteiger partial charge < -0.3 is 28.8 Å². The van der Waals surface area contributed by atoms with Gasteiger partial charge in [0.2, 0.25) is 6.79 Å². The van der Waals surface area contributed by atoms with E-state index in [0.717, 1.165) is 21.1 Å². The van der Waals surface area contributed by atoms with Gasteiger partial charge in [0.25, 0.3) is 0 Å². The summed E-state index contributed by atoms with van der Waals surface area (Å²) in [4.78, 5) is 12.0. The van der Waals surface area contributed by atoms with Gasteiger partial charge in [0.15, 0.2) is 11.5 Å². The number of ether oxygens (including phenoxy) is 4. The molecule has 10 heteroatoms. The molecule has 1 aromatic heterocycles. The molecule has 0 spiro atoms. The minimum absolute atomic E-state index is 0.0934. The number of methoxy groups -OCH3 is 1. The molecule has 0 unspecified atom stereocenters. The van der Waals surface area contributed by atoms with Crippen molar-refractivity contribution in [2.45, 2.75) is 4.21 Å². The monoisotopic (exact) mass is 479 g/mol. The van der Waals surface area contributed by atoms with E-state index in [4.69, 9.17) is 30.5 Å². The number of carbonyl (C=O) groups is 1. The zero-order chi connectivity index (χ0) is 21.8. The Balaban J connectivity index is 1.41. The summed E-state index contributed by atoms with van der Waals surface area (Å²) in [6.07, 6.45) is 0. The van der Waals surface area contributed by atoms with E-state index in [9.17, 15) is 9.90 Å². The SMILES string of the molecule is COCCOC(=O)c1ccc(NSc2cc(-c3ccc4c(c3)OCO4)c(Cl)s2)cc1O. The number of phenolic OH excluding ortho intramolecular Hbond substituents is 1. The maximum absolute atomic E-state index is 12.0. The van der Waals surface area contributed by atoms with Crippen LogP contribution in [-0.4, -0.2) is 38.2 Å². The highest BCUT2D eigenvalue weighted by atomic mass is 35.5. The lowest BCUT2D eigenvalue weighted by atomic mass is 10.1. The van der Waals surface area contributed by atoms with E-state index in [2.05, 4.69) is 4.72 Å². The first-order valence-electron chi connectivity index (χ1n) is 9.16. The second kappa shape index (κ2) is 9.69. The van der Waals surface area contributed by atoms with Crippen LogP contribution in [0.25, 0.3) is 11.1 Å². The van der Waals surface area contributed by atoms with Crippen LogP contribution in [0.1, 0.15) is 10.4 Å². The Hall–Kier alpha value is -2.59. The van der Waals surface area contributed by atoms with Gasteiger partial charge in [0.1, 0.15) is 22.3 Å². The molecule has 2 N–H and O–H groups in total. The molecule has 0 saturated carbocycles. The number of hydrogen-bond acceptors (Lipinski definition) is 9. The molecule has 3 aromatic rings. The van der Waals surface area contributed by atoms with E-state index in [1.54, 1.807) is 6.07 Å². The van der Waals surface area contributed by atoms with Gasteiger partial charge in [-0.05, 0) is 47.8 Å². The van der Waals surface area contributed by atoms with Gasteiger partial charge in [-0.1, -0.05) is 17.7 Å². The fourth-order valence-corrected chi connectivity index (χ4v) is 5.09. The van der Waals surface area contributed by atoms with Gasteiger partial charge in [-0.2, -0.15) is 0 Å². The van der Waals surface area contributed by atoms with Crippen molar-refractivity contribution in [3.63, 3.8) is 0 Å². The first-order chi connectivity index (χ1) is 15.0. The molecule has 0 aliphatic carbocycles. The average molecular weight is 480 g/mol. The number of carbonyl (C=O) groups excluding carboxylic acids is 1. The smallest absolute Gasteiger partial charge is 0.341 e. The molecule has 1 aliphatic heterocycles. The molecule has 7 nitrogen and oxygen atoms in total. The number of esters is 1.